The highest BCUT2D eigenvalue weighted by atomic mass is 31.2. The average Bonchev–Trinajstić information content (AvgIpc) is 3.23. The molecule has 8 heteroatoms. The molecule has 2 N–H and O–H groups in total. The molecule has 0 bridgehead atoms. The molecule has 0 heterocycles. The number of carbonyl (C=O) groups is 1. The molecule has 0 aromatic carbocycles. The van der Waals surface area contributed by atoms with Crippen molar-refractivity contribution in [1.82, 2.24) is 9.99 Å². The normalized spacial score (nSPS) is 13.1. The van der Waals surface area contributed by atoms with Crippen LogP contribution in [0.4, 0.5) is 0 Å². The number of aliphatic hydroxyl groups excluding tert-OH is 1. The number of nitrogens with zero attached hydrogens (tertiary/aromatic N) is 1. The van der Waals surface area contributed by atoms with Crippen molar-refractivity contribution in [3.63, 3.8) is 0 Å². The standard InChI is InChI=1S/C40H81NO3.C12H26NO2P/c1-4-7-10-13-15-17-19-21-23-26-29-32-38(31-28-25-12-9-6-3)34-35-44-37-39(36-42)41-40(43)33-30-27-24-22-20-18-16-14-11-8-5-2;1-7-9-14-16(15-10-8-2)13(11(3)4)12(5)6/h38-39,42H,4-37H2,1-3H3,(H,41,43);7,11-12H,1,8-10H2,2-6H3/t38-,39+;/m1./s1. The Morgan fingerprint density at radius 2 is 1.00 bits per heavy atom. The zero-order valence-electron chi connectivity index (χ0n) is 41.7. The van der Waals surface area contributed by atoms with Crippen LogP contribution < -0.4 is 5.32 Å². The van der Waals surface area contributed by atoms with Crippen LogP contribution in [0.25, 0.3) is 0 Å². The molecule has 7 nitrogen and oxygen atoms in total. The number of rotatable bonds is 46. The van der Waals surface area contributed by atoms with Gasteiger partial charge in [0.1, 0.15) is 0 Å². The van der Waals surface area contributed by atoms with E-state index in [0.717, 1.165) is 44.8 Å². The Bertz CT molecular complexity index is 854. The fourth-order valence-corrected chi connectivity index (χ4v) is 9.53. The fourth-order valence-electron chi connectivity index (χ4n) is 7.86. The molecule has 0 saturated carbocycles. The zero-order chi connectivity index (χ0) is 44.7. The monoisotopic (exact) mass is 871 g/mol. The first-order chi connectivity index (χ1) is 29.2. The second-order valence-corrected chi connectivity index (χ2v) is 19.7. The van der Waals surface area contributed by atoms with Crippen LogP contribution in [0.5, 0.6) is 0 Å². The first kappa shape index (κ1) is 61.5. The number of hydrogen-bond acceptors (Lipinski definition) is 6. The minimum Gasteiger partial charge on any atom is -0.394 e. The molecule has 0 saturated heterocycles. The maximum absolute atomic E-state index is 12.4. The lowest BCUT2D eigenvalue weighted by molar-refractivity contribution is -0.122. The molecule has 1 amide bonds. The average molecular weight is 871 g/mol. The van der Waals surface area contributed by atoms with Gasteiger partial charge in [-0.3, -0.25) is 4.79 Å². The van der Waals surface area contributed by atoms with Gasteiger partial charge in [0.2, 0.25) is 5.91 Å². The van der Waals surface area contributed by atoms with Crippen LogP contribution in [-0.4, -0.2) is 66.8 Å². The van der Waals surface area contributed by atoms with Crippen molar-refractivity contribution in [1.29, 1.82) is 0 Å². The predicted octanol–water partition coefficient (Wildman–Crippen LogP) is 16.2. The van der Waals surface area contributed by atoms with Crippen LogP contribution in [0.1, 0.15) is 261 Å². The van der Waals surface area contributed by atoms with E-state index in [2.05, 4.69) is 72.0 Å². The summed E-state index contributed by atoms with van der Waals surface area (Å²) in [5.74, 6) is 0.809. The highest BCUT2D eigenvalue weighted by molar-refractivity contribution is 7.44. The number of hydrogen-bond donors (Lipinski definition) is 2. The Kier molecular flexibility index (Phi) is 50.7. The van der Waals surface area contributed by atoms with Crippen molar-refractivity contribution in [3.8, 4) is 0 Å². The van der Waals surface area contributed by atoms with Crippen LogP contribution in [-0.2, 0) is 18.6 Å². The van der Waals surface area contributed by atoms with Crippen LogP contribution >= 0.6 is 8.53 Å². The summed E-state index contributed by atoms with van der Waals surface area (Å²) in [4.78, 5) is 12.4. The molecule has 0 aromatic heterocycles. The summed E-state index contributed by atoms with van der Waals surface area (Å²) in [6, 6.07) is 0.565. The number of aliphatic hydroxyl groups is 1. The minimum absolute atomic E-state index is 0.0520. The quantitative estimate of drug-likeness (QED) is 0.0360. The predicted molar refractivity (Wildman–Crippen MR) is 265 cm³/mol. The van der Waals surface area contributed by atoms with Crippen molar-refractivity contribution in [2.45, 2.75) is 279 Å². The maximum Gasteiger partial charge on any atom is 0.259 e. The summed E-state index contributed by atoms with van der Waals surface area (Å²) in [6.07, 6.45) is 43.4. The van der Waals surface area contributed by atoms with Gasteiger partial charge in [0.05, 0.1) is 32.5 Å². The van der Waals surface area contributed by atoms with Crippen molar-refractivity contribution in [3.05, 3.63) is 12.7 Å². The highest BCUT2D eigenvalue weighted by Gasteiger charge is 2.26. The topological polar surface area (TPSA) is 80.3 Å². The van der Waals surface area contributed by atoms with E-state index in [1.165, 1.54) is 173 Å². The summed E-state index contributed by atoms with van der Waals surface area (Å²) in [5, 5.41) is 12.8. The molecule has 0 aliphatic carbocycles. The summed E-state index contributed by atoms with van der Waals surface area (Å²) in [6.45, 7) is 23.7. The number of unbranched alkanes of at least 4 members (excludes halogenated alkanes) is 24. The minimum atomic E-state index is -0.953. The Balaban J connectivity index is 0. The van der Waals surface area contributed by atoms with E-state index in [9.17, 15) is 9.90 Å². The van der Waals surface area contributed by atoms with Gasteiger partial charge in [0.15, 0.2) is 0 Å². The second-order valence-electron chi connectivity index (χ2n) is 18.2. The molecule has 0 radical (unpaired) electrons. The number of ether oxygens (including phenoxy) is 1. The molecule has 1 unspecified atom stereocenters. The van der Waals surface area contributed by atoms with Crippen molar-refractivity contribution in [2.24, 2.45) is 5.92 Å². The second kappa shape index (κ2) is 49.5. The molecule has 0 spiro atoms. The van der Waals surface area contributed by atoms with Crippen LogP contribution in [0.2, 0.25) is 0 Å². The first-order valence-electron chi connectivity index (χ1n) is 26.1. The maximum atomic E-state index is 12.4. The Labute approximate surface area is 377 Å². The van der Waals surface area contributed by atoms with Gasteiger partial charge >= 0.3 is 0 Å². The Morgan fingerprint density at radius 1 is 0.583 bits per heavy atom. The van der Waals surface area contributed by atoms with E-state index in [1.807, 2.05) is 0 Å². The summed E-state index contributed by atoms with van der Waals surface area (Å²) < 4.78 is 19.8. The van der Waals surface area contributed by atoms with Gasteiger partial charge in [0, 0.05) is 25.1 Å². The largest absolute Gasteiger partial charge is 0.394 e. The van der Waals surface area contributed by atoms with E-state index >= 15 is 0 Å². The number of amides is 1. The summed E-state index contributed by atoms with van der Waals surface area (Å²) >= 11 is 0. The molecule has 60 heavy (non-hydrogen) atoms. The van der Waals surface area contributed by atoms with E-state index < -0.39 is 8.53 Å². The molecule has 0 aromatic rings. The van der Waals surface area contributed by atoms with E-state index in [0.29, 0.717) is 31.7 Å². The molecule has 0 rings (SSSR count). The third-order valence-electron chi connectivity index (χ3n) is 11.5. The lowest BCUT2D eigenvalue weighted by Crippen LogP contribution is -2.40. The first-order valence-corrected chi connectivity index (χ1v) is 27.3. The third-order valence-corrected chi connectivity index (χ3v) is 13.5. The molecule has 0 aliphatic rings. The van der Waals surface area contributed by atoms with Gasteiger partial charge in [-0.15, -0.1) is 6.58 Å². The van der Waals surface area contributed by atoms with E-state index in [4.69, 9.17) is 13.8 Å². The van der Waals surface area contributed by atoms with E-state index in [-0.39, 0.29) is 18.6 Å². The lowest BCUT2D eigenvalue weighted by Gasteiger charge is -2.35. The molecular weight excluding hydrogens is 764 g/mol. The smallest absolute Gasteiger partial charge is 0.259 e. The number of nitrogens with one attached hydrogen (secondary N) is 1. The van der Waals surface area contributed by atoms with Gasteiger partial charge in [0.25, 0.3) is 8.53 Å². The fraction of sp³-hybridized carbons (Fsp3) is 0.942. The van der Waals surface area contributed by atoms with Crippen LogP contribution in [0.3, 0.4) is 0 Å². The molecule has 360 valence electrons. The SMILES string of the molecule is C=CCOP(OCCC)N(C(C)C)C(C)C.CCCCCCCCCCCCCC(=O)N[C@@H](CO)COCC[C@H](CCCCCCC)CCCCCCCCCCCCC. The number of carbonyl (C=O) groups excluding carboxylic acids is 1. The molecule has 3 atom stereocenters. The van der Waals surface area contributed by atoms with Crippen LogP contribution in [0, 0.1) is 5.92 Å². The van der Waals surface area contributed by atoms with Crippen molar-refractivity contribution >= 4 is 14.4 Å². The Morgan fingerprint density at radius 3 is 1.38 bits per heavy atom. The van der Waals surface area contributed by atoms with Crippen molar-refractivity contribution in [2.75, 3.05) is 33.0 Å². The Hall–Kier alpha value is -0.560. The van der Waals surface area contributed by atoms with Gasteiger partial charge in [-0.05, 0) is 52.9 Å². The van der Waals surface area contributed by atoms with Gasteiger partial charge in [-0.2, -0.15) is 0 Å². The lowest BCUT2D eigenvalue weighted by atomic mass is 9.91. The summed E-state index contributed by atoms with van der Waals surface area (Å²) in [5.41, 5.74) is 0. The highest BCUT2D eigenvalue weighted by Crippen LogP contribution is 2.45. The third kappa shape index (κ3) is 42.7. The molecule has 0 fully saturated rings. The van der Waals surface area contributed by atoms with Crippen LogP contribution in [0.15, 0.2) is 12.7 Å². The van der Waals surface area contributed by atoms with Gasteiger partial charge in [-0.1, -0.05) is 214 Å². The molecular formula is C52H107N2O5P. The van der Waals surface area contributed by atoms with Gasteiger partial charge in [-0.25, -0.2) is 4.67 Å². The summed E-state index contributed by atoms with van der Waals surface area (Å²) in [7, 11) is -0.953. The van der Waals surface area contributed by atoms with Crippen molar-refractivity contribution < 1.29 is 23.7 Å². The van der Waals surface area contributed by atoms with E-state index in [1.54, 1.807) is 6.08 Å². The van der Waals surface area contributed by atoms with Gasteiger partial charge < -0.3 is 24.2 Å². The zero-order valence-corrected chi connectivity index (χ0v) is 42.6. The molecule has 0 aliphatic heterocycles.